The molecule has 3 unspecified atom stereocenters. The van der Waals surface area contributed by atoms with Crippen molar-refractivity contribution in [2.75, 3.05) is 6.54 Å². The Hall–Kier alpha value is -0.0400. The van der Waals surface area contributed by atoms with Crippen LogP contribution in [0.3, 0.4) is 0 Å². The molecule has 0 radical (unpaired) electrons. The third kappa shape index (κ3) is 4.48. The maximum Gasteiger partial charge on any atom is 0.0123 e. The topological polar surface area (TPSA) is 12.0 Å². The predicted octanol–water partition coefficient (Wildman–Crippen LogP) is 5.69. The molecule has 2 aliphatic rings. The standard InChI is InChI=1S/C19H37N/c1-17-13-9-5-3-7-11-15-19(17,2)18-14-10-6-4-8-12-16-20-18/h17-18,20H,3-16H2,1-2H3. The largest absolute Gasteiger partial charge is 0.313 e. The molecule has 1 saturated heterocycles. The molecular weight excluding hydrogens is 242 g/mol. The fraction of sp³-hybridized carbons (Fsp3) is 1.00. The SMILES string of the molecule is CC1CCCCCCCC1(C)C1CCCCCCCN1. The van der Waals surface area contributed by atoms with Crippen molar-refractivity contribution < 1.29 is 0 Å². The third-order valence-corrected chi connectivity index (χ3v) is 6.33. The summed E-state index contributed by atoms with van der Waals surface area (Å²) in [5.41, 5.74) is 0.536. The van der Waals surface area contributed by atoms with E-state index in [9.17, 15) is 0 Å². The summed E-state index contributed by atoms with van der Waals surface area (Å²) in [6.07, 6.45) is 18.8. The Balaban J connectivity index is 2.04. The first kappa shape index (κ1) is 16.3. The summed E-state index contributed by atoms with van der Waals surface area (Å²) < 4.78 is 0. The van der Waals surface area contributed by atoms with Crippen LogP contribution in [0, 0.1) is 11.3 Å². The lowest BCUT2D eigenvalue weighted by atomic mass is 9.66. The van der Waals surface area contributed by atoms with Gasteiger partial charge in [0.25, 0.3) is 0 Å². The van der Waals surface area contributed by atoms with Gasteiger partial charge < -0.3 is 5.32 Å². The Bertz CT molecular complexity index is 252. The van der Waals surface area contributed by atoms with Gasteiger partial charge in [0.15, 0.2) is 0 Å². The van der Waals surface area contributed by atoms with Crippen molar-refractivity contribution >= 4 is 0 Å². The highest BCUT2D eigenvalue weighted by Gasteiger charge is 2.38. The summed E-state index contributed by atoms with van der Waals surface area (Å²) in [5, 5.41) is 3.97. The van der Waals surface area contributed by atoms with E-state index < -0.39 is 0 Å². The summed E-state index contributed by atoms with van der Waals surface area (Å²) >= 11 is 0. The molecule has 1 aliphatic carbocycles. The minimum atomic E-state index is 0.536. The molecule has 20 heavy (non-hydrogen) atoms. The number of rotatable bonds is 1. The number of hydrogen-bond donors (Lipinski definition) is 1. The van der Waals surface area contributed by atoms with Gasteiger partial charge in [-0.3, -0.25) is 0 Å². The van der Waals surface area contributed by atoms with Gasteiger partial charge in [0.2, 0.25) is 0 Å². The second-order valence-corrected chi connectivity index (χ2v) is 7.78. The molecule has 2 rings (SSSR count). The maximum atomic E-state index is 3.97. The zero-order valence-corrected chi connectivity index (χ0v) is 14.1. The summed E-state index contributed by atoms with van der Waals surface area (Å²) in [6.45, 7) is 6.41. The van der Waals surface area contributed by atoms with E-state index in [0.717, 1.165) is 12.0 Å². The van der Waals surface area contributed by atoms with Crippen molar-refractivity contribution in [1.82, 2.24) is 5.32 Å². The van der Waals surface area contributed by atoms with Gasteiger partial charge in [-0.05, 0) is 37.1 Å². The second kappa shape index (κ2) is 8.41. The molecule has 0 aromatic rings. The second-order valence-electron chi connectivity index (χ2n) is 7.78. The first-order valence-electron chi connectivity index (χ1n) is 9.47. The summed E-state index contributed by atoms with van der Waals surface area (Å²) in [4.78, 5) is 0. The van der Waals surface area contributed by atoms with Crippen molar-refractivity contribution in [1.29, 1.82) is 0 Å². The Morgan fingerprint density at radius 1 is 0.750 bits per heavy atom. The minimum absolute atomic E-state index is 0.536. The molecule has 0 spiro atoms. The molecule has 1 nitrogen and oxygen atoms in total. The molecule has 1 N–H and O–H groups in total. The van der Waals surface area contributed by atoms with Gasteiger partial charge in [-0.25, -0.2) is 0 Å². The third-order valence-electron chi connectivity index (χ3n) is 6.33. The van der Waals surface area contributed by atoms with Crippen LogP contribution in [0.2, 0.25) is 0 Å². The zero-order chi connectivity index (χ0) is 14.3. The van der Waals surface area contributed by atoms with Crippen LogP contribution >= 0.6 is 0 Å². The monoisotopic (exact) mass is 279 g/mol. The number of hydrogen-bond acceptors (Lipinski definition) is 1. The Labute approximate surface area is 127 Å². The van der Waals surface area contributed by atoms with Crippen LogP contribution < -0.4 is 5.32 Å². The van der Waals surface area contributed by atoms with Gasteiger partial charge in [0.05, 0.1) is 0 Å². The Morgan fingerprint density at radius 3 is 2.15 bits per heavy atom. The van der Waals surface area contributed by atoms with Crippen LogP contribution in [0.1, 0.15) is 97.3 Å². The Kier molecular flexibility index (Phi) is 6.87. The molecule has 0 bridgehead atoms. The smallest absolute Gasteiger partial charge is 0.0123 e. The van der Waals surface area contributed by atoms with Crippen molar-refractivity contribution in [2.45, 2.75) is 103 Å². The first-order valence-corrected chi connectivity index (χ1v) is 9.47. The van der Waals surface area contributed by atoms with Crippen LogP contribution in [0.4, 0.5) is 0 Å². The van der Waals surface area contributed by atoms with Gasteiger partial charge in [-0.15, -0.1) is 0 Å². The molecule has 1 heterocycles. The van der Waals surface area contributed by atoms with Gasteiger partial charge in [0, 0.05) is 6.04 Å². The molecule has 0 aromatic carbocycles. The van der Waals surface area contributed by atoms with Gasteiger partial charge in [0.1, 0.15) is 0 Å². The van der Waals surface area contributed by atoms with Crippen molar-refractivity contribution in [2.24, 2.45) is 11.3 Å². The zero-order valence-electron chi connectivity index (χ0n) is 14.1. The number of nitrogens with one attached hydrogen (secondary N) is 1. The molecule has 118 valence electrons. The molecule has 2 fully saturated rings. The van der Waals surface area contributed by atoms with Crippen LogP contribution in [0.25, 0.3) is 0 Å². The molecule has 3 atom stereocenters. The van der Waals surface area contributed by atoms with E-state index in [-0.39, 0.29) is 0 Å². The summed E-state index contributed by atoms with van der Waals surface area (Å²) in [7, 11) is 0. The predicted molar refractivity (Wildman–Crippen MR) is 89.1 cm³/mol. The highest BCUT2D eigenvalue weighted by atomic mass is 14.9. The van der Waals surface area contributed by atoms with E-state index in [1.165, 1.54) is 90.0 Å². The van der Waals surface area contributed by atoms with E-state index in [2.05, 4.69) is 19.2 Å². The van der Waals surface area contributed by atoms with E-state index in [1.54, 1.807) is 0 Å². The van der Waals surface area contributed by atoms with E-state index in [4.69, 9.17) is 0 Å². The van der Waals surface area contributed by atoms with Crippen LogP contribution in [0.15, 0.2) is 0 Å². The molecular formula is C19H37N. The van der Waals surface area contributed by atoms with Crippen molar-refractivity contribution in [3.63, 3.8) is 0 Å². The van der Waals surface area contributed by atoms with Gasteiger partial charge >= 0.3 is 0 Å². The lowest BCUT2D eigenvalue weighted by Crippen LogP contribution is -2.47. The fourth-order valence-corrected chi connectivity index (χ4v) is 4.53. The van der Waals surface area contributed by atoms with Crippen molar-refractivity contribution in [3.8, 4) is 0 Å². The van der Waals surface area contributed by atoms with E-state index in [1.807, 2.05) is 0 Å². The minimum Gasteiger partial charge on any atom is -0.313 e. The normalized spacial score (nSPS) is 38.7. The average molecular weight is 280 g/mol. The average Bonchev–Trinajstić information content (AvgIpc) is 2.63. The highest BCUT2D eigenvalue weighted by Crippen LogP contribution is 2.42. The Morgan fingerprint density at radius 2 is 1.35 bits per heavy atom. The lowest BCUT2D eigenvalue weighted by molar-refractivity contribution is 0.0999. The highest BCUT2D eigenvalue weighted by molar-refractivity contribution is 4.92. The van der Waals surface area contributed by atoms with E-state index in [0.29, 0.717) is 5.41 Å². The van der Waals surface area contributed by atoms with Crippen LogP contribution in [0.5, 0.6) is 0 Å². The van der Waals surface area contributed by atoms with Gasteiger partial charge in [-0.2, -0.15) is 0 Å². The van der Waals surface area contributed by atoms with E-state index >= 15 is 0 Å². The molecule has 0 aromatic heterocycles. The van der Waals surface area contributed by atoms with Crippen LogP contribution in [-0.2, 0) is 0 Å². The summed E-state index contributed by atoms with van der Waals surface area (Å²) in [6, 6.07) is 0.772. The van der Waals surface area contributed by atoms with Gasteiger partial charge in [-0.1, -0.05) is 78.1 Å². The molecule has 1 heteroatoms. The molecule has 1 aliphatic heterocycles. The summed E-state index contributed by atoms with van der Waals surface area (Å²) in [5.74, 6) is 0.888. The quantitative estimate of drug-likeness (QED) is 0.650. The fourth-order valence-electron chi connectivity index (χ4n) is 4.53. The molecule has 0 amide bonds. The van der Waals surface area contributed by atoms with Crippen molar-refractivity contribution in [3.05, 3.63) is 0 Å². The first-order chi connectivity index (χ1) is 9.73. The molecule has 1 saturated carbocycles. The van der Waals surface area contributed by atoms with Crippen LogP contribution in [-0.4, -0.2) is 12.6 Å². The lowest BCUT2D eigenvalue weighted by Gasteiger charge is -2.43. The maximum absolute atomic E-state index is 3.97.